The van der Waals surface area contributed by atoms with Gasteiger partial charge in [0.05, 0.1) is 0 Å². The Morgan fingerprint density at radius 1 is 1.03 bits per heavy atom. The second-order valence-corrected chi connectivity index (χ2v) is 9.99. The topological polar surface area (TPSA) is 33.0 Å². The molecule has 0 spiro atoms. The number of ether oxygens (including phenoxy) is 1. The van der Waals surface area contributed by atoms with E-state index in [0.717, 1.165) is 62.8 Å². The zero-order valence-corrected chi connectivity index (χ0v) is 19.8. The zero-order valence-electron chi connectivity index (χ0n) is 19.8. The number of benzene rings is 1. The molecule has 0 aromatic heterocycles. The van der Waals surface area contributed by atoms with Crippen molar-refractivity contribution in [2.24, 2.45) is 11.3 Å². The fraction of sp³-hybridized carbons (Fsp3) is 0.607. The molecular formula is C28H35F4NO. The first-order valence-corrected chi connectivity index (χ1v) is 12.6. The lowest BCUT2D eigenvalue weighted by molar-refractivity contribution is -0.274. The normalized spacial score (nSPS) is 23.6. The van der Waals surface area contributed by atoms with Crippen molar-refractivity contribution in [2.75, 3.05) is 0 Å². The Kier molecular flexibility index (Phi) is 9.62. The highest BCUT2D eigenvalue weighted by atomic mass is 19.4. The standard InChI is InChI=1S/C28H35F4NO/c29-25(21-33)8-6-20-27(17-3-1-4-18-27)19-5-2-7-22-9-11-23(12-10-22)24-13-15-26(16-14-24)34-28(30,31)32/h6,8,13-16,20,22-23H,1-5,7,9-12,17-19H2. The van der Waals surface area contributed by atoms with Crippen LogP contribution in [0.5, 0.6) is 5.75 Å². The third-order valence-electron chi connectivity index (χ3n) is 7.62. The molecule has 0 unspecified atom stereocenters. The van der Waals surface area contributed by atoms with Crippen LogP contribution in [-0.4, -0.2) is 6.36 Å². The first kappa shape index (κ1) is 26.3. The summed E-state index contributed by atoms with van der Waals surface area (Å²) in [4.78, 5) is 0. The molecule has 0 bridgehead atoms. The molecular weight excluding hydrogens is 442 g/mol. The lowest BCUT2D eigenvalue weighted by atomic mass is 9.70. The number of unbranched alkanes of at least 4 members (excludes halogenated alkanes) is 1. The maximum atomic E-state index is 13.1. The number of alkyl halides is 3. The van der Waals surface area contributed by atoms with Crippen LogP contribution in [0.4, 0.5) is 17.6 Å². The van der Waals surface area contributed by atoms with Crippen LogP contribution in [0.25, 0.3) is 0 Å². The maximum Gasteiger partial charge on any atom is 0.573 e. The van der Waals surface area contributed by atoms with Crippen LogP contribution in [0.15, 0.2) is 48.3 Å². The quantitative estimate of drug-likeness (QED) is 0.154. The molecule has 2 aliphatic rings. The van der Waals surface area contributed by atoms with Crippen LogP contribution in [-0.2, 0) is 0 Å². The van der Waals surface area contributed by atoms with Crippen LogP contribution in [0.2, 0.25) is 0 Å². The summed E-state index contributed by atoms with van der Waals surface area (Å²) in [5.41, 5.74) is 1.24. The van der Waals surface area contributed by atoms with Crippen molar-refractivity contribution in [3.05, 3.63) is 53.9 Å². The summed E-state index contributed by atoms with van der Waals surface area (Å²) >= 11 is 0. The number of hydrogen-bond acceptors (Lipinski definition) is 2. The van der Waals surface area contributed by atoms with Gasteiger partial charge in [0, 0.05) is 0 Å². The molecule has 0 atom stereocenters. The summed E-state index contributed by atoms with van der Waals surface area (Å²) in [6.07, 6.45) is 15.6. The predicted octanol–water partition coefficient (Wildman–Crippen LogP) is 9.30. The van der Waals surface area contributed by atoms with Crippen molar-refractivity contribution in [3.8, 4) is 11.8 Å². The highest BCUT2D eigenvalue weighted by Gasteiger charge is 2.31. The van der Waals surface area contributed by atoms with Gasteiger partial charge in [-0.25, -0.2) is 0 Å². The molecule has 6 heteroatoms. The Bertz CT molecular complexity index is 852. The molecule has 2 saturated carbocycles. The predicted molar refractivity (Wildman–Crippen MR) is 126 cm³/mol. The van der Waals surface area contributed by atoms with Crippen molar-refractivity contribution in [3.63, 3.8) is 0 Å². The van der Waals surface area contributed by atoms with Crippen molar-refractivity contribution in [1.82, 2.24) is 0 Å². The molecule has 0 N–H and O–H groups in total. The first-order chi connectivity index (χ1) is 16.3. The molecule has 0 saturated heterocycles. The molecule has 1 aromatic rings. The van der Waals surface area contributed by atoms with Crippen LogP contribution in [0, 0.1) is 22.7 Å². The van der Waals surface area contributed by atoms with E-state index in [2.05, 4.69) is 10.8 Å². The van der Waals surface area contributed by atoms with Gasteiger partial charge in [0.15, 0.2) is 5.83 Å². The Balaban J connectivity index is 1.40. The summed E-state index contributed by atoms with van der Waals surface area (Å²) in [6.45, 7) is 0. The molecule has 1 aromatic carbocycles. The molecule has 0 heterocycles. The molecule has 186 valence electrons. The third kappa shape index (κ3) is 8.49. The number of hydrogen-bond donors (Lipinski definition) is 0. The monoisotopic (exact) mass is 477 g/mol. The Morgan fingerprint density at radius 2 is 1.71 bits per heavy atom. The first-order valence-electron chi connectivity index (χ1n) is 12.6. The summed E-state index contributed by atoms with van der Waals surface area (Å²) in [7, 11) is 0. The van der Waals surface area contributed by atoms with Gasteiger partial charge in [-0.15, -0.1) is 13.2 Å². The fourth-order valence-electron chi connectivity index (χ4n) is 5.77. The van der Waals surface area contributed by atoms with E-state index in [4.69, 9.17) is 5.26 Å². The van der Waals surface area contributed by atoms with Crippen molar-refractivity contribution in [1.29, 1.82) is 5.26 Å². The minimum atomic E-state index is -4.65. The van der Waals surface area contributed by atoms with Crippen LogP contribution in [0.1, 0.15) is 95.0 Å². The minimum Gasteiger partial charge on any atom is -0.406 e. The highest BCUT2D eigenvalue weighted by Crippen LogP contribution is 2.43. The summed E-state index contributed by atoms with van der Waals surface area (Å²) in [5.74, 6) is 0.216. The molecule has 2 fully saturated rings. The number of allylic oxidation sites excluding steroid dienone is 4. The van der Waals surface area contributed by atoms with Gasteiger partial charge in [0.2, 0.25) is 0 Å². The molecule has 3 rings (SSSR count). The number of nitriles is 1. The smallest absolute Gasteiger partial charge is 0.406 e. The number of halogens is 4. The minimum absolute atomic E-state index is 0.143. The van der Waals surface area contributed by atoms with E-state index >= 15 is 0 Å². The lowest BCUT2D eigenvalue weighted by Gasteiger charge is -2.35. The van der Waals surface area contributed by atoms with E-state index in [9.17, 15) is 17.6 Å². The van der Waals surface area contributed by atoms with E-state index in [1.54, 1.807) is 18.2 Å². The number of rotatable bonds is 9. The van der Waals surface area contributed by atoms with Gasteiger partial charge in [0.1, 0.15) is 11.8 Å². The van der Waals surface area contributed by atoms with Crippen molar-refractivity contribution in [2.45, 2.75) is 95.8 Å². The largest absolute Gasteiger partial charge is 0.573 e. The van der Waals surface area contributed by atoms with Crippen molar-refractivity contribution < 1.29 is 22.3 Å². The van der Waals surface area contributed by atoms with E-state index in [1.165, 1.54) is 56.4 Å². The Morgan fingerprint density at radius 3 is 2.32 bits per heavy atom. The average Bonchev–Trinajstić information content (AvgIpc) is 2.82. The summed E-state index contributed by atoms with van der Waals surface area (Å²) in [6, 6.07) is 7.88. The van der Waals surface area contributed by atoms with Gasteiger partial charge in [0.25, 0.3) is 0 Å². The lowest BCUT2D eigenvalue weighted by Crippen LogP contribution is -2.21. The van der Waals surface area contributed by atoms with Gasteiger partial charge in [-0.1, -0.05) is 62.8 Å². The summed E-state index contributed by atoms with van der Waals surface area (Å²) in [5, 5.41) is 8.59. The van der Waals surface area contributed by atoms with Gasteiger partial charge in [-0.3, -0.25) is 0 Å². The van der Waals surface area contributed by atoms with Gasteiger partial charge in [-0.2, -0.15) is 9.65 Å². The van der Waals surface area contributed by atoms with E-state index in [-0.39, 0.29) is 11.2 Å². The van der Waals surface area contributed by atoms with Gasteiger partial charge in [-0.05, 0) is 86.0 Å². The second kappa shape index (κ2) is 12.4. The number of nitrogens with zero attached hydrogens (tertiary/aromatic N) is 1. The van der Waals surface area contributed by atoms with E-state index in [1.807, 2.05) is 0 Å². The van der Waals surface area contributed by atoms with Gasteiger partial charge >= 0.3 is 6.36 Å². The molecule has 0 radical (unpaired) electrons. The SMILES string of the molecule is N#CC(F)=CC=CC1(CCCCC2CCC(c3ccc(OC(F)(F)F)cc3)CC2)CCCCC1. The van der Waals surface area contributed by atoms with Crippen LogP contribution < -0.4 is 4.74 Å². The van der Waals surface area contributed by atoms with Crippen LogP contribution >= 0.6 is 0 Å². The van der Waals surface area contributed by atoms with Gasteiger partial charge < -0.3 is 4.74 Å². The Hall–Kier alpha value is -2.29. The molecule has 34 heavy (non-hydrogen) atoms. The second-order valence-electron chi connectivity index (χ2n) is 9.99. The van der Waals surface area contributed by atoms with Crippen LogP contribution in [0.3, 0.4) is 0 Å². The highest BCUT2D eigenvalue weighted by molar-refractivity contribution is 5.30. The molecule has 2 aliphatic carbocycles. The van der Waals surface area contributed by atoms with Crippen molar-refractivity contribution >= 4 is 0 Å². The molecule has 0 aliphatic heterocycles. The molecule has 0 amide bonds. The zero-order chi connectivity index (χ0) is 24.4. The summed E-state index contributed by atoms with van der Waals surface area (Å²) < 4.78 is 54.1. The van der Waals surface area contributed by atoms with E-state index in [0.29, 0.717) is 5.92 Å². The van der Waals surface area contributed by atoms with E-state index < -0.39 is 12.2 Å². The fourth-order valence-corrected chi connectivity index (χ4v) is 5.77. The maximum absolute atomic E-state index is 13.1. The average molecular weight is 478 g/mol. The Labute approximate surface area is 200 Å². The third-order valence-corrected chi connectivity index (χ3v) is 7.62. The molecule has 2 nitrogen and oxygen atoms in total.